The molecule has 21 heteroatoms. The molecule has 78 heavy (non-hydrogen) atoms. The molecule has 0 amide bonds. The number of nitrogen functional groups attached to an aromatic ring is 1. The summed E-state index contributed by atoms with van der Waals surface area (Å²) in [6, 6.07) is 37.3. The van der Waals surface area contributed by atoms with E-state index in [1.54, 1.807) is 62.9 Å². The second-order valence-electron chi connectivity index (χ2n) is 17.8. The summed E-state index contributed by atoms with van der Waals surface area (Å²) in [5, 5.41) is 39.1. The van der Waals surface area contributed by atoms with E-state index in [4.69, 9.17) is 15.8 Å². The number of benzene rings is 6. The number of rotatable bonds is 12. The molecule has 6 aromatic carbocycles. The van der Waals surface area contributed by atoms with Crippen LogP contribution >= 0.6 is 15.9 Å². The van der Waals surface area contributed by atoms with E-state index in [1.807, 2.05) is 62.6 Å². The van der Waals surface area contributed by atoms with Crippen molar-refractivity contribution in [1.29, 1.82) is 0 Å². The van der Waals surface area contributed by atoms with E-state index in [9.17, 15) is 33.4 Å². The highest BCUT2D eigenvalue weighted by Crippen LogP contribution is 2.25. The number of nitrogens with two attached hydrogens (primary N) is 1. The van der Waals surface area contributed by atoms with Gasteiger partial charge in [-0.15, -0.1) is 13.2 Å². The van der Waals surface area contributed by atoms with E-state index in [0.29, 0.717) is 42.0 Å². The van der Waals surface area contributed by atoms with Gasteiger partial charge in [-0.05, 0) is 108 Å². The summed E-state index contributed by atoms with van der Waals surface area (Å²) in [5.74, 6) is 1.68. The quantitative estimate of drug-likeness (QED) is 0.0446. The minimum Gasteiger partial charge on any atom is -0.423 e. The summed E-state index contributed by atoms with van der Waals surface area (Å²) in [5.41, 5.74) is 18.9. The van der Waals surface area contributed by atoms with Gasteiger partial charge >= 0.3 is 13.5 Å². The first kappa shape index (κ1) is 58.5. The van der Waals surface area contributed by atoms with Crippen LogP contribution in [0.5, 0.6) is 5.75 Å². The van der Waals surface area contributed by atoms with E-state index in [2.05, 4.69) is 100.0 Å². The van der Waals surface area contributed by atoms with Gasteiger partial charge in [0, 0.05) is 96.5 Å². The molecule has 9 aromatic rings. The Morgan fingerprint density at radius 1 is 0.526 bits per heavy atom. The highest BCUT2D eigenvalue weighted by Gasteiger charge is 2.31. The Kier molecular flexibility index (Phi) is 20.5. The molecule has 0 spiro atoms. The molecule has 0 radical (unpaired) electrons. The third kappa shape index (κ3) is 18.2. The lowest BCUT2D eigenvalue weighted by atomic mass is 9.80. The van der Waals surface area contributed by atoms with Crippen LogP contribution in [0.15, 0.2) is 169 Å². The summed E-state index contributed by atoms with van der Waals surface area (Å²) >= 11 is 3.26. The molecule has 0 aliphatic carbocycles. The van der Waals surface area contributed by atoms with Crippen LogP contribution in [0, 0.1) is 54.8 Å². The first-order chi connectivity index (χ1) is 37.1. The molecule has 398 valence electrons. The van der Waals surface area contributed by atoms with Gasteiger partial charge in [-0.2, -0.15) is 0 Å². The Morgan fingerprint density at radius 3 is 1.23 bits per heavy atom. The van der Waals surface area contributed by atoms with Crippen molar-refractivity contribution in [3.05, 3.63) is 251 Å². The van der Waals surface area contributed by atoms with Gasteiger partial charge in [0.05, 0.1) is 14.3 Å². The number of aryl methyl sites for hydroxylation is 5. The SMILES string of the molecule is Cc1ccc(-c2cnc(Cc3ccc(C)c(N)c3)nc2)cc1.Cc1ccc(-c2cnc(Cc3ccc(C)c([N+](=O)[O-])c3)nc2)cc1.Cc1ccc(Cc2ncc(Br)cn2)cc1[N+](=O)[O-].OB(O)c1ccc(OC(F)(F)F)cc1. The molecule has 0 fully saturated rings. The van der Waals surface area contributed by atoms with Gasteiger partial charge in [-0.3, -0.25) is 20.2 Å². The molecule has 9 rings (SSSR count). The molecule has 0 saturated carbocycles. The first-order valence-corrected chi connectivity index (χ1v) is 24.7. The Hall–Kier alpha value is -8.79. The molecular formula is C57H52BBrF3N9O7. The van der Waals surface area contributed by atoms with Gasteiger partial charge in [-0.25, -0.2) is 29.9 Å². The Morgan fingerprint density at radius 2 is 0.885 bits per heavy atom. The Labute approximate surface area is 456 Å². The topological polar surface area (TPSA) is 239 Å². The van der Waals surface area contributed by atoms with Gasteiger partial charge in [0.2, 0.25) is 0 Å². The molecule has 3 heterocycles. The monoisotopic (exact) mass is 1120 g/mol. The number of nitro groups is 2. The average Bonchev–Trinajstić information content (AvgIpc) is 3.40. The minimum atomic E-state index is -4.74. The molecule has 3 aromatic heterocycles. The molecule has 0 unspecified atom stereocenters. The maximum atomic E-state index is 11.7. The van der Waals surface area contributed by atoms with Crippen molar-refractivity contribution in [3.8, 4) is 28.0 Å². The Bertz CT molecular complexity index is 3440. The zero-order valence-corrected chi connectivity index (χ0v) is 44.5. The second kappa shape index (κ2) is 27.3. The van der Waals surface area contributed by atoms with E-state index >= 15 is 0 Å². The number of nitro benzene ring substituents is 2. The second-order valence-corrected chi connectivity index (χ2v) is 18.7. The fourth-order valence-electron chi connectivity index (χ4n) is 7.23. The fraction of sp³-hybridized carbons (Fsp3) is 0.158. The lowest BCUT2D eigenvalue weighted by Crippen LogP contribution is -2.29. The van der Waals surface area contributed by atoms with Gasteiger partial charge in [0.1, 0.15) is 23.2 Å². The van der Waals surface area contributed by atoms with E-state index in [0.717, 1.165) is 84.8 Å². The number of hydrogen-bond acceptors (Lipinski definition) is 14. The average molecular weight is 1120 g/mol. The van der Waals surface area contributed by atoms with E-state index in [1.165, 1.54) is 11.1 Å². The first-order valence-electron chi connectivity index (χ1n) is 23.9. The summed E-state index contributed by atoms with van der Waals surface area (Å²) < 4.78 is 39.4. The normalized spacial score (nSPS) is 10.7. The number of hydrogen-bond donors (Lipinski definition) is 3. The summed E-state index contributed by atoms with van der Waals surface area (Å²) in [7, 11) is -1.70. The molecule has 0 bridgehead atoms. The van der Waals surface area contributed by atoms with Crippen LogP contribution in [0.2, 0.25) is 0 Å². The number of ether oxygens (including phenoxy) is 1. The number of aromatic nitrogens is 6. The zero-order valence-electron chi connectivity index (χ0n) is 42.9. The van der Waals surface area contributed by atoms with Gasteiger partial charge in [0.15, 0.2) is 0 Å². The molecule has 0 saturated heterocycles. The predicted octanol–water partition coefficient (Wildman–Crippen LogP) is 11.5. The van der Waals surface area contributed by atoms with Crippen molar-refractivity contribution in [2.75, 3.05) is 5.73 Å². The maximum Gasteiger partial charge on any atom is 0.573 e. The Balaban J connectivity index is 0.000000171. The van der Waals surface area contributed by atoms with E-state index < -0.39 is 19.2 Å². The summed E-state index contributed by atoms with van der Waals surface area (Å²) in [6.45, 7) is 9.58. The van der Waals surface area contributed by atoms with Gasteiger partial charge in [-0.1, -0.05) is 108 Å². The lowest BCUT2D eigenvalue weighted by molar-refractivity contribution is -0.385. The van der Waals surface area contributed by atoms with Crippen LogP contribution in [-0.2, 0) is 19.3 Å². The standard InChI is InChI=1S/C19H17N3O2.C19H19N3.C12H10BrN3O2.C7H6BF3O3/c1-13-3-7-16(8-4-13)17-11-20-19(21-12-17)10-15-6-5-14(2)18(9-15)22(23)24;1-13-3-7-16(8-4-13)17-11-21-19(22-12-17)10-15-6-5-14(2)18(20)9-15;1-8-2-3-9(4-11(8)16(17)18)5-12-14-6-10(13)7-15-12;9-7(10,11)14-6-3-1-5(2-4-6)8(12)13/h3-9,11-12H,10H2,1-2H3;3-9,11-12H,10,20H2,1-2H3;2-4,6-7H,5H2,1H3;1-4,12-13H. The van der Waals surface area contributed by atoms with Crippen LogP contribution in [0.4, 0.5) is 30.2 Å². The van der Waals surface area contributed by atoms with Crippen LogP contribution in [-0.4, -0.2) is 63.3 Å². The molecule has 16 nitrogen and oxygen atoms in total. The van der Waals surface area contributed by atoms with Crippen molar-refractivity contribution < 1.29 is 37.8 Å². The fourth-order valence-corrected chi connectivity index (χ4v) is 7.43. The number of anilines is 1. The molecule has 0 atom stereocenters. The van der Waals surface area contributed by atoms with Gasteiger partial charge < -0.3 is 20.5 Å². The lowest BCUT2D eigenvalue weighted by Gasteiger charge is -2.08. The van der Waals surface area contributed by atoms with Crippen molar-refractivity contribution in [2.45, 2.75) is 60.2 Å². The number of alkyl halides is 3. The largest absolute Gasteiger partial charge is 0.573 e. The van der Waals surface area contributed by atoms with Crippen LogP contribution in [0.3, 0.4) is 0 Å². The molecule has 0 aliphatic rings. The van der Waals surface area contributed by atoms with Crippen LogP contribution in [0.25, 0.3) is 22.3 Å². The number of nitrogens with zero attached hydrogens (tertiary/aromatic N) is 8. The maximum absolute atomic E-state index is 11.7. The van der Waals surface area contributed by atoms with Crippen LogP contribution in [0.1, 0.15) is 62.0 Å². The van der Waals surface area contributed by atoms with Crippen LogP contribution < -0.4 is 15.9 Å². The van der Waals surface area contributed by atoms with Crippen molar-refractivity contribution >= 4 is 45.6 Å². The molecular weight excluding hydrogens is 1070 g/mol. The smallest absolute Gasteiger partial charge is 0.423 e. The minimum absolute atomic E-state index is 0.0968. The highest BCUT2D eigenvalue weighted by molar-refractivity contribution is 9.10. The van der Waals surface area contributed by atoms with Crippen molar-refractivity contribution in [2.24, 2.45) is 0 Å². The molecule has 4 N–H and O–H groups in total. The summed E-state index contributed by atoms with van der Waals surface area (Å²) in [4.78, 5) is 47.1. The number of halogens is 4. The third-order valence-corrected chi connectivity index (χ3v) is 12.0. The predicted molar refractivity (Wildman–Crippen MR) is 297 cm³/mol. The zero-order chi connectivity index (χ0) is 56.5. The van der Waals surface area contributed by atoms with Crippen molar-refractivity contribution in [1.82, 2.24) is 29.9 Å². The van der Waals surface area contributed by atoms with E-state index in [-0.39, 0.29) is 26.7 Å². The summed E-state index contributed by atoms with van der Waals surface area (Å²) in [6.07, 6.45) is 7.55. The third-order valence-electron chi connectivity index (χ3n) is 11.6. The van der Waals surface area contributed by atoms with Gasteiger partial charge in [0.25, 0.3) is 11.4 Å². The van der Waals surface area contributed by atoms with Crippen molar-refractivity contribution in [3.63, 3.8) is 0 Å². The molecule has 0 aliphatic heterocycles. The highest BCUT2D eigenvalue weighted by atomic mass is 79.9.